The highest BCUT2D eigenvalue weighted by Crippen LogP contribution is 2.31. The van der Waals surface area contributed by atoms with Crippen molar-refractivity contribution in [1.29, 1.82) is 0 Å². The lowest BCUT2D eigenvalue weighted by Crippen LogP contribution is -2.37. The Balaban J connectivity index is 1.26. The maximum Gasteiger partial charge on any atom is 0.256 e. The molecule has 0 atom stereocenters. The second-order valence-electron chi connectivity index (χ2n) is 9.00. The number of hydrogen-bond acceptors (Lipinski definition) is 6. The summed E-state index contributed by atoms with van der Waals surface area (Å²) in [5.41, 5.74) is 2.67. The molecule has 2 N–H and O–H groups in total. The summed E-state index contributed by atoms with van der Waals surface area (Å²) in [4.78, 5) is 35.5. The normalized spacial score (nSPS) is 15.3. The van der Waals surface area contributed by atoms with Gasteiger partial charge in [0, 0.05) is 48.8 Å². The first-order valence-corrected chi connectivity index (χ1v) is 11.5. The van der Waals surface area contributed by atoms with Crippen LogP contribution < -0.4 is 5.32 Å². The molecule has 1 aromatic carbocycles. The molecule has 0 radical (unpaired) electrons. The van der Waals surface area contributed by atoms with Gasteiger partial charge in [0.2, 0.25) is 5.91 Å². The van der Waals surface area contributed by atoms with Crippen molar-refractivity contribution in [3.8, 4) is 17.0 Å². The number of pyridine rings is 1. The Hall–Kier alpha value is -4.41. The number of halogens is 2. The Morgan fingerprint density at radius 3 is 2.83 bits per heavy atom. The maximum absolute atomic E-state index is 13.7. The van der Waals surface area contributed by atoms with Gasteiger partial charge in [-0.3, -0.25) is 14.6 Å². The predicted molar refractivity (Wildman–Crippen MR) is 124 cm³/mol. The van der Waals surface area contributed by atoms with E-state index in [-0.39, 0.29) is 29.8 Å². The average Bonchev–Trinajstić information content (AvgIpc) is 3.64. The van der Waals surface area contributed by atoms with Crippen molar-refractivity contribution in [3.63, 3.8) is 0 Å². The molecule has 182 valence electrons. The average molecular weight is 490 g/mol. The third-order valence-corrected chi connectivity index (χ3v) is 6.39. The Kier molecular flexibility index (Phi) is 5.13. The molecule has 1 aliphatic heterocycles. The Morgan fingerprint density at radius 1 is 1.19 bits per heavy atom. The summed E-state index contributed by atoms with van der Waals surface area (Å²) in [5.74, 6) is -2.50. The number of carbonyl (C=O) groups excluding carboxylic acids is 2. The molecule has 1 saturated carbocycles. The van der Waals surface area contributed by atoms with Crippen LogP contribution in [0.3, 0.4) is 0 Å². The molecule has 0 unspecified atom stereocenters. The van der Waals surface area contributed by atoms with E-state index in [0.717, 1.165) is 18.9 Å². The number of aromatic nitrogens is 4. The minimum atomic E-state index is -1.07. The molecule has 1 aliphatic carbocycles. The number of rotatable bonds is 5. The second kappa shape index (κ2) is 8.36. The highest BCUT2D eigenvalue weighted by Gasteiger charge is 2.30. The van der Waals surface area contributed by atoms with E-state index in [0.29, 0.717) is 53.0 Å². The summed E-state index contributed by atoms with van der Waals surface area (Å²) in [6.07, 6.45) is 5.50. The van der Waals surface area contributed by atoms with Gasteiger partial charge in [-0.2, -0.15) is 5.10 Å². The highest BCUT2D eigenvalue weighted by molar-refractivity contribution is 5.97. The van der Waals surface area contributed by atoms with Gasteiger partial charge < -0.3 is 15.3 Å². The number of nitrogens with one attached hydrogen (secondary N) is 1. The number of nitrogens with zero attached hydrogens (tertiary/aromatic N) is 5. The number of hydrogen-bond donors (Lipinski definition) is 2. The van der Waals surface area contributed by atoms with Crippen molar-refractivity contribution in [1.82, 2.24) is 24.5 Å². The van der Waals surface area contributed by atoms with Crippen LogP contribution in [-0.4, -0.2) is 47.9 Å². The van der Waals surface area contributed by atoms with Crippen molar-refractivity contribution in [2.45, 2.75) is 25.8 Å². The quantitative estimate of drug-likeness (QED) is 0.444. The zero-order chi connectivity index (χ0) is 25.0. The van der Waals surface area contributed by atoms with Gasteiger partial charge in [0.25, 0.3) is 5.91 Å². The van der Waals surface area contributed by atoms with E-state index in [1.807, 2.05) is 0 Å². The van der Waals surface area contributed by atoms with Gasteiger partial charge in [-0.05, 0) is 37.1 Å². The molecule has 4 heterocycles. The van der Waals surface area contributed by atoms with Gasteiger partial charge in [0.05, 0.1) is 23.1 Å². The van der Waals surface area contributed by atoms with Gasteiger partial charge in [0.1, 0.15) is 5.82 Å². The van der Waals surface area contributed by atoms with Crippen LogP contribution in [-0.2, 0) is 17.8 Å². The zero-order valence-electron chi connectivity index (χ0n) is 18.9. The summed E-state index contributed by atoms with van der Waals surface area (Å²) >= 11 is 0. The van der Waals surface area contributed by atoms with Crippen molar-refractivity contribution < 1.29 is 23.5 Å². The first-order valence-electron chi connectivity index (χ1n) is 11.5. The van der Waals surface area contributed by atoms with Crippen LogP contribution in [0.4, 0.5) is 14.6 Å². The van der Waals surface area contributed by atoms with Crippen molar-refractivity contribution >= 4 is 23.3 Å². The lowest BCUT2D eigenvalue weighted by atomic mass is 10.0. The molecule has 6 rings (SSSR count). The van der Waals surface area contributed by atoms with Gasteiger partial charge >= 0.3 is 0 Å². The Labute approximate surface area is 203 Å². The number of carbonyl (C=O) groups is 2. The van der Waals surface area contributed by atoms with Gasteiger partial charge in [0.15, 0.2) is 23.0 Å². The summed E-state index contributed by atoms with van der Waals surface area (Å²) in [7, 11) is 0. The van der Waals surface area contributed by atoms with Crippen LogP contribution in [0.15, 0.2) is 42.7 Å². The minimum Gasteiger partial charge on any atom is -0.505 e. The largest absolute Gasteiger partial charge is 0.505 e. The van der Waals surface area contributed by atoms with E-state index < -0.39 is 17.4 Å². The molecule has 2 aliphatic rings. The van der Waals surface area contributed by atoms with Crippen LogP contribution in [0, 0.1) is 17.6 Å². The molecule has 0 spiro atoms. The van der Waals surface area contributed by atoms with E-state index >= 15 is 0 Å². The molecule has 4 aromatic rings. The number of anilines is 1. The van der Waals surface area contributed by atoms with E-state index in [2.05, 4.69) is 20.4 Å². The molecular formula is C25H20F2N6O3. The summed E-state index contributed by atoms with van der Waals surface area (Å²) in [5, 5.41) is 17.3. The minimum absolute atomic E-state index is 0.00905. The monoisotopic (exact) mass is 490 g/mol. The van der Waals surface area contributed by atoms with Crippen LogP contribution in [0.5, 0.6) is 5.75 Å². The van der Waals surface area contributed by atoms with Gasteiger partial charge in [-0.25, -0.2) is 18.3 Å². The van der Waals surface area contributed by atoms with Crippen molar-refractivity contribution in [2.24, 2.45) is 5.92 Å². The molecule has 0 saturated heterocycles. The van der Waals surface area contributed by atoms with E-state index in [1.54, 1.807) is 35.1 Å². The molecule has 11 heteroatoms. The molecular weight excluding hydrogens is 470 g/mol. The topological polar surface area (TPSA) is 113 Å². The fourth-order valence-corrected chi connectivity index (χ4v) is 4.30. The zero-order valence-corrected chi connectivity index (χ0v) is 18.9. The summed E-state index contributed by atoms with van der Waals surface area (Å²) < 4.78 is 28.9. The fourth-order valence-electron chi connectivity index (χ4n) is 4.30. The number of phenolic OH excluding ortho intramolecular Hbond substituents is 1. The smallest absolute Gasteiger partial charge is 0.256 e. The molecule has 36 heavy (non-hydrogen) atoms. The first kappa shape index (κ1) is 22.1. The SMILES string of the molecule is O=C(Nc1cn2nc(-c3cnc4c(c3)C(=O)N(Cc3cc(F)cc(F)c3O)CC4)ccc2n1)C1CC1. The lowest BCUT2D eigenvalue weighted by molar-refractivity contribution is -0.117. The molecule has 3 aromatic heterocycles. The molecule has 0 bridgehead atoms. The van der Waals surface area contributed by atoms with E-state index in [1.165, 1.54) is 4.90 Å². The molecule has 2 amide bonds. The third-order valence-electron chi connectivity index (χ3n) is 6.39. The first-order chi connectivity index (χ1) is 17.4. The van der Waals surface area contributed by atoms with Crippen molar-refractivity contribution in [2.75, 3.05) is 11.9 Å². The summed E-state index contributed by atoms with van der Waals surface area (Å²) in [6, 6.07) is 6.79. The fraction of sp³-hybridized carbons (Fsp3) is 0.240. The van der Waals surface area contributed by atoms with Crippen LogP contribution in [0.2, 0.25) is 0 Å². The van der Waals surface area contributed by atoms with Gasteiger partial charge in [-0.15, -0.1) is 0 Å². The van der Waals surface area contributed by atoms with Crippen LogP contribution in [0.25, 0.3) is 16.9 Å². The molecule has 1 fully saturated rings. The van der Waals surface area contributed by atoms with Gasteiger partial charge in [-0.1, -0.05) is 0 Å². The number of imidazole rings is 1. The number of fused-ring (bicyclic) bond motifs is 2. The lowest BCUT2D eigenvalue weighted by Gasteiger charge is -2.28. The Bertz CT molecular complexity index is 1550. The van der Waals surface area contributed by atoms with Crippen LogP contribution in [0.1, 0.15) is 34.5 Å². The van der Waals surface area contributed by atoms with Crippen LogP contribution >= 0.6 is 0 Å². The summed E-state index contributed by atoms with van der Waals surface area (Å²) in [6.45, 7) is 0.155. The Morgan fingerprint density at radius 2 is 2.03 bits per heavy atom. The maximum atomic E-state index is 13.7. The number of phenols is 1. The standard InChI is InChI=1S/C25H20F2N6O3/c26-16-7-15(23(34)18(27)9-16)11-32-6-5-20-17(25(32)36)8-14(10-28-20)19-3-4-22-29-21(12-33(22)31-19)30-24(35)13-1-2-13/h3-4,7-10,12-13,34H,1-2,5-6,11H2,(H,30,35). The predicted octanol–water partition coefficient (Wildman–Crippen LogP) is 3.32. The number of amides is 2. The number of benzene rings is 1. The second-order valence-corrected chi connectivity index (χ2v) is 9.00. The third kappa shape index (κ3) is 4.02. The van der Waals surface area contributed by atoms with E-state index in [9.17, 15) is 23.5 Å². The van der Waals surface area contributed by atoms with E-state index in [4.69, 9.17) is 0 Å². The highest BCUT2D eigenvalue weighted by atomic mass is 19.1. The van der Waals surface area contributed by atoms with Crippen molar-refractivity contribution in [3.05, 3.63) is 71.2 Å². The molecule has 9 nitrogen and oxygen atoms in total. The number of aromatic hydroxyl groups is 1.